The van der Waals surface area contributed by atoms with E-state index in [4.69, 9.17) is 5.73 Å². The van der Waals surface area contributed by atoms with Crippen molar-refractivity contribution >= 4 is 10.2 Å². The lowest BCUT2D eigenvalue weighted by Gasteiger charge is -2.25. The molecule has 6 heteroatoms. The fourth-order valence-electron chi connectivity index (χ4n) is 1.85. The summed E-state index contributed by atoms with van der Waals surface area (Å²) in [6, 6.07) is 0.0508. The molecule has 1 saturated heterocycles. The van der Waals surface area contributed by atoms with Crippen molar-refractivity contribution in [1.29, 1.82) is 0 Å². The van der Waals surface area contributed by atoms with Crippen LogP contribution in [0.1, 0.15) is 34.1 Å². The minimum absolute atomic E-state index is 0.0508. The van der Waals surface area contributed by atoms with Gasteiger partial charge in [-0.25, -0.2) is 0 Å². The van der Waals surface area contributed by atoms with Crippen molar-refractivity contribution < 1.29 is 8.42 Å². The topological polar surface area (TPSA) is 75.4 Å². The Morgan fingerprint density at radius 1 is 1.44 bits per heavy atom. The highest BCUT2D eigenvalue weighted by molar-refractivity contribution is 7.87. The van der Waals surface area contributed by atoms with Crippen LogP contribution in [-0.2, 0) is 10.2 Å². The summed E-state index contributed by atoms with van der Waals surface area (Å²) in [5.41, 5.74) is 5.35. The van der Waals surface area contributed by atoms with E-state index in [1.807, 2.05) is 27.7 Å². The second-order valence-corrected chi connectivity index (χ2v) is 7.29. The van der Waals surface area contributed by atoms with Gasteiger partial charge in [0.1, 0.15) is 0 Å². The van der Waals surface area contributed by atoms with Gasteiger partial charge in [-0.1, -0.05) is 0 Å². The predicted molar refractivity (Wildman–Crippen MR) is 65.1 cm³/mol. The molecule has 0 aromatic heterocycles. The maximum atomic E-state index is 12.0. The molecule has 16 heavy (non-hydrogen) atoms. The van der Waals surface area contributed by atoms with Crippen molar-refractivity contribution in [2.24, 2.45) is 11.7 Å². The summed E-state index contributed by atoms with van der Waals surface area (Å²) in [5, 5.41) is 0. The van der Waals surface area contributed by atoms with Crippen LogP contribution in [-0.4, -0.2) is 37.4 Å². The normalized spacial score (nSPS) is 25.9. The maximum Gasteiger partial charge on any atom is 0.279 e. The first-order chi connectivity index (χ1) is 7.12. The fraction of sp³-hybridized carbons (Fsp3) is 1.00. The van der Waals surface area contributed by atoms with Gasteiger partial charge in [0.2, 0.25) is 0 Å². The van der Waals surface area contributed by atoms with Gasteiger partial charge < -0.3 is 5.73 Å². The van der Waals surface area contributed by atoms with Crippen molar-refractivity contribution in [2.45, 2.75) is 45.7 Å². The molecular weight excluding hydrogens is 226 g/mol. The zero-order valence-electron chi connectivity index (χ0n) is 10.5. The SMILES string of the molecule is CC(N)C1CCN(S(=O)(=O)NC(C)(C)C)C1. The molecule has 2 unspecified atom stereocenters. The average molecular weight is 249 g/mol. The first-order valence-electron chi connectivity index (χ1n) is 5.66. The monoisotopic (exact) mass is 249 g/mol. The Labute approximate surface area is 98.6 Å². The van der Waals surface area contributed by atoms with Crippen LogP contribution in [0.5, 0.6) is 0 Å². The molecule has 1 fully saturated rings. The van der Waals surface area contributed by atoms with E-state index < -0.39 is 15.7 Å². The number of rotatable bonds is 3. The number of hydrogen-bond acceptors (Lipinski definition) is 3. The molecule has 1 heterocycles. The predicted octanol–water partition coefficient (Wildman–Crippen LogP) is 0.288. The Bertz CT molecular complexity index is 332. The molecule has 1 aliphatic heterocycles. The van der Waals surface area contributed by atoms with Crippen molar-refractivity contribution in [3.63, 3.8) is 0 Å². The van der Waals surface area contributed by atoms with Crippen molar-refractivity contribution in [2.75, 3.05) is 13.1 Å². The molecule has 0 aromatic rings. The van der Waals surface area contributed by atoms with Gasteiger partial charge in [-0.3, -0.25) is 0 Å². The highest BCUT2D eigenvalue weighted by Gasteiger charge is 2.34. The Kier molecular flexibility index (Phi) is 3.99. The molecule has 0 spiro atoms. The zero-order chi connectivity index (χ0) is 12.6. The lowest BCUT2D eigenvalue weighted by Crippen LogP contribution is -2.48. The highest BCUT2D eigenvalue weighted by Crippen LogP contribution is 2.21. The molecule has 1 aliphatic rings. The molecule has 2 atom stereocenters. The lowest BCUT2D eigenvalue weighted by molar-refractivity contribution is 0.404. The van der Waals surface area contributed by atoms with Gasteiger partial charge in [0.15, 0.2) is 0 Å². The van der Waals surface area contributed by atoms with E-state index in [-0.39, 0.29) is 12.0 Å². The molecule has 0 radical (unpaired) electrons. The van der Waals surface area contributed by atoms with E-state index in [1.165, 1.54) is 4.31 Å². The van der Waals surface area contributed by atoms with Crippen molar-refractivity contribution in [3.05, 3.63) is 0 Å². The van der Waals surface area contributed by atoms with Crippen LogP contribution in [0.4, 0.5) is 0 Å². The molecular formula is C10H23N3O2S. The Morgan fingerprint density at radius 3 is 2.38 bits per heavy atom. The van der Waals surface area contributed by atoms with Crippen molar-refractivity contribution in [3.8, 4) is 0 Å². The third-order valence-electron chi connectivity index (χ3n) is 2.71. The minimum atomic E-state index is -3.36. The highest BCUT2D eigenvalue weighted by atomic mass is 32.2. The molecule has 3 N–H and O–H groups in total. The number of hydrogen-bond donors (Lipinski definition) is 2. The van der Waals surface area contributed by atoms with E-state index in [2.05, 4.69) is 4.72 Å². The fourth-order valence-corrected chi connectivity index (χ4v) is 3.49. The van der Waals surface area contributed by atoms with E-state index in [1.54, 1.807) is 0 Å². The van der Waals surface area contributed by atoms with Crippen LogP contribution in [0.15, 0.2) is 0 Å². The molecule has 0 saturated carbocycles. The van der Waals surface area contributed by atoms with Crippen LogP contribution in [0.3, 0.4) is 0 Å². The van der Waals surface area contributed by atoms with Gasteiger partial charge >= 0.3 is 0 Å². The Hall–Kier alpha value is -0.170. The summed E-state index contributed by atoms with van der Waals surface area (Å²) < 4.78 is 28.1. The summed E-state index contributed by atoms with van der Waals surface area (Å²) in [6.45, 7) is 8.54. The molecule has 96 valence electrons. The van der Waals surface area contributed by atoms with Crippen LogP contribution < -0.4 is 10.5 Å². The minimum Gasteiger partial charge on any atom is -0.328 e. The Morgan fingerprint density at radius 2 is 2.00 bits per heavy atom. The van der Waals surface area contributed by atoms with E-state index in [9.17, 15) is 8.42 Å². The summed E-state index contributed by atoms with van der Waals surface area (Å²) >= 11 is 0. The largest absolute Gasteiger partial charge is 0.328 e. The second-order valence-electron chi connectivity index (χ2n) is 5.62. The van der Waals surface area contributed by atoms with Crippen LogP contribution in [0.2, 0.25) is 0 Å². The van der Waals surface area contributed by atoms with E-state index >= 15 is 0 Å². The first kappa shape index (κ1) is 13.9. The molecule has 0 aliphatic carbocycles. The van der Waals surface area contributed by atoms with E-state index in [0.717, 1.165) is 6.42 Å². The summed E-state index contributed by atoms with van der Waals surface area (Å²) in [6.07, 6.45) is 0.850. The summed E-state index contributed by atoms with van der Waals surface area (Å²) in [7, 11) is -3.36. The third kappa shape index (κ3) is 3.69. The summed E-state index contributed by atoms with van der Waals surface area (Å²) in [5.74, 6) is 0.275. The smallest absolute Gasteiger partial charge is 0.279 e. The van der Waals surface area contributed by atoms with E-state index in [0.29, 0.717) is 13.1 Å². The second kappa shape index (κ2) is 4.60. The molecule has 5 nitrogen and oxygen atoms in total. The number of nitrogens with two attached hydrogens (primary N) is 1. The lowest BCUT2D eigenvalue weighted by atomic mass is 10.0. The van der Waals surface area contributed by atoms with Gasteiger partial charge in [-0.15, -0.1) is 0 Å². The van der Waals surface area contributed by atoms with Gasteiger partial charge in [0.25, 0.3) is 10.2 Å². The summed E-state index contributed by atoms with van der Waals surface area (Å²) in [4.78, 5) is 0. The molecule has 0 amide bonds. The first-order valence-corrected chi connectivity index (χ1v) is 7.10. The number of nitrogens with zero attached hydrogens (tertiary/aromatic N) is 1. The number of nitrogens with one attached hydrogen (secondary N) is 1. The van der Waals surface area contributed by atoms with Crippen LogP contribution in [0.25, 0.3) is 0 Å². The Balaban J connectivity index is 2.66. The standard InChI is InChI=1S/C10H23N3O2S/c1-8(11)9-5-6-13(7-9)16(14,15)12-10(2,3)4/h8-9,12H,5-7,11H2,1-4H3. The van der Waals surface area contributed by atoms with Gasteiger partial charge in [-0.05, 0) is 40.0 Å². The van der Waals surface area contributed by atoms with Gasteiger partial charge in [-0.2, -0.15) is 17.4 Å². The third-order valence-corrected chi connectivity index (χ3v) is 4.59. The van der Waals surface area contributed by atoms with Crippen LogP contribution >= 0.6 is 0 Å². The maximum absolute atomic E-state index is 12.0. The average Bonchev–Trinajstić information content (AvgIpc) is 2.46. The van der Waals surface area contributed by atoms with Gasteiger partial charge in [0.05, 0.1) is 0 Å². The quantitative estimate of drug-likeness (QED) is 0.755. The van der Waals surface area contributed by atoms with Gasteiger partial charge in [0, 0.05) is 24.7 Å². The molecule has 0 aromatic carbocycles. The molecule has 0 bridgehead atoms. The zero-order valence-corrected chi connectivity index (χ0v) is 11.3. The van der Waals surface area contributed by atoms with Crippen LogP contribution in [0, 0.1) is 5.92 Å². The molecule has 1 rings (SSSR count). The van der Waals surface area contributed by atoms with Crippen molar-refractivity contribution in [1.82, 2.24) is 9.03 Å².